The number of hydrogen-bond acceptors (Lipinski definition) is 5. The van der Waals surface area contributed by atoms with Crippen LogP contribution in [-0.2, 0) is 9.57 Å². The Bertz CT molecular complexity index is 864. The predicted molar refractivity (Wildman–Crippen MR) is 107 cm³/mol. The second-order valence-corrected chi connectivity index (χ2v) is 7.32. The number of carbonyl (C=O) groups is 1. The van der Waals surface area contributed by atoms with Crippen LogP contribution in [-0.4, -0.2) is 41.8 Å². The molecular formula is C19H21Cl2N3O3. The maximum absolute atomic E-state index is 12.5. The van der Waals surface area contributed by atoms with Gasteiger partial charge in [-0.05, 0) is 63.0 Å². The van der Waals surface area contributed by atoms with Gasteiger partial charge >= 0.3 is 6.09 Å². The minimum Gasteiger partial charge on any atom is -0.448 e. The molecule has 1 aromatic rings. The summed E-state index contributed by atoms with van der Waals surface area (Å²) in [5.74, 6) is 0. The Kier molecular flexibility index (Phi) is 5.49. The Morgan fingerprint density at radius 2 is 1.81 bits per heavy atom. The van der Waals surface area contributed by atoms with E-state index >= 15 is 0 Å². The second-order valence-electron chi connectivity index (χ2n) is 6.57. The van der Waals surface area contributed by atoms with Crippen LogP contribution in [0.5, 0.6) is 0 Å². The van der Waals surface area contributed by atoms with Crippen molar-refractivity contribution in [2.75, 3.05) is 6.61 Å². The molecule has 0 fully saturated rings. The van der Waals surface area contributed by atoms with E-state index in [0.717, 1.165) is 27.8 Å². The number of nitrogens with zero attached hydrogens (tertiary/aromatic N) is 3. The Balaban J connectivity index is 2.16. The molecule has 8 heteroatoms. The summed E-state index contributed by atoms with van der Waals surface area (Å²) in [6.07, 6.45) is 2.44. The molecule has 0 radical (unpaired) electrons. The van der Waals surface area contributed by atoms with Crippen molar-refractivity contribution >= 4 is 41.2 Å². The van der Waals surface area contributed by atoms with Crippen LogP contribution in [0.25, 0.3) is 0 Å². The van der Waals surface area contributed by atoms with Gasteiger partial charge in [0.1, 0.15) is 11.8 Å². The third kappa shape index (κ3) is 3.32. The molecular weight excluding hydrogens is 389 g/mol. The van der Waals surface area contributed by atoms with E-state index in [-0.39, 0.29) is 6.61 Å². The zero-order chi connectivity index (χ0) is 19.9. The summed E-state index contributed by atoms with van der Waals surface area (Å²) in [4.78, 5) is 18.2. The molecule has 0 aromatic heterocycles. The molecule has 27 heavy (non-hydrogen) atoms. The van der Waals surface area contributed by atoms with Crippen molar-refractivity contribution in [1.29, 1.82) is 0 Å². The molecule has 0 unspecified atom stereocenters. The van der Waals surface area contributed by atoms with Crippen LogP contribution < -0.4 is 0 Å². The summed E-state index contributed by atoms with van der Waals surface area (Å²) >= 11 is 13.0. The average molecular weight is 410 g/mol. The third-order valence-corrected chi connectivity index (χ3v) is 5.85. The van der Waals surface area contributed by atoms with Crippen molar-refractivity contribution in [3.05, 3.63) is 43.9 Å². The van der Waals surface area contributed by atoms with Crippen molar-refractivity contribution < 1.29 is 14.4 Å². The van der Waals surface area contributed by atoms with E-state index < -0.39 is 18.2 Å². The monoisotopic (exact) mass is 409 g/mol. The Morgan fingerprint density at radius 1 is 1.19 bits per heavy atom. The van der Waals surface area contributed by atoms with E-state index in [4.69, 9.17) is 32.8 Å². The van der Waals surface area contributed by atoms with Crippen LogP contribution in [0.2, 0.25) is 10.0 Å². The van der Waals surface area contributed by atoms with Crippen LogP contribution in [0, 0.1) is 20.8 Å². The SMILES string of the molecule is CCOC(=O)N1N=CC(C)=C[C@H]2ON=C(c3c(C)c(Cl)c(C)c(Cl)c3C)[C@H]21. The van der Waals surface area contributed by atoms with E-state index in [0.29, 0.717) is 15.8 Å². The van der Waals surface area contributed by atoms with Gasteiger partial charge in [-0.1, -0.05) is 28.4 Å². The molecule has 0 N–H and O–H groups in total. The van der Waals surface area contributed by atoms with E-state index in [2.05, 4.69) is 10.3 Å². The lowest BCUT2D eigenvalue weighted by atomic mass is 9.90. The summed E-state index contributed by atoms with van der Waals surface area (Å²) < 4.78 is 5.18. The van der Waals surface area contributed by atoms with E-state index in [1.165, 1.54) is 5.01 Å². The van der Waals surface area contributed by atoms with Crippen LogP contribution in [0.3, 0.4) is 0 Å². The Labute approximate surface area is 168 Å². The zero-order valence-corrected chi connectivity index (χ0v) is 17.4. The highest BCUT2D eigenvalue weighted by Gasteiger charge is 2.44. The van der Waals surface area contributed by atoms with Crippen LogP contribution in [0.4, 0.5) is 4.79 Å². The summed E-state index contributed by atoms with van der Waals surface area (Å²) in [6, 6.07) is -0.579. The van der Waals surface area contributed by atoms with Crippen molar-refractivity contribution in [2.24, 2.45) is 10.3 Å². The van der Waals surface area contributed by atoms with Gasteiger partial charge in [0.2, 0.25) is 0 Å². The second kappa shape index (κ2) is 7.52. The van der Waals surface area contributed by atoms with Crippen molar-refractivity contribution in [1.82, 2.24) is 5.01 Å². The standard InChI is InChI=1S/C19H21Cl2N3O3/c1-6-26-19(25)24-18-13(7-9(2)8-22-24)27-23-17(18)14-10(3)15(20)12(5)16(21)11(14)4/h7-8,13,18H,6H2,1-5H3/t13-,18+/m1/s1. The van der Waals surface area contributed by atoms with Gasteiger partial charge in [-0.15, -0.1) is 0 Å². The minimum atomic E-state index is -0.579. The van der Waals surface area contributed by atoms with Gasteiger partial charge in [-0.25, -0.2) is 4.79 Å². The molecule has 1 amide bonds. The fourth-order valence-electron chi connectivity index (χ4n) is 3.38. The Hall–Kier alpha value is -2.05. The fourth-order valence-corrected chi connectivity index (χ4v) is 3.80. The first-order chi connectivity index (χ1) is 12.8. The number of benzene rings is 1. The molecule has 2 aliphatic heterocycles. The number of hydrazone groups is 1. The van der Waals surface area contributed by atoms with Gasteiger partial charge in [0.05, 0.1) is 12.8 Å². The highest BCUT2D eigenvalue weighted by Crippen LogP contribution is 2.37. The van der Waals surface area contributed by atoms with Crippen molar-refractivity contribution in [2.45, 2.75) is 46.8 Å². The quantitative estimate of drug-likeness (QED) is 0.704. The zero-order valence-electron chi connectivity index (χ0n) is 15.8. The number of halogens is 2. The van der Waals surface area contributed by atoms with Gasteiger partial charge in [0, 0.05) is 15.6 Å². The van der Waals surface area contributed by atoms with Crippen LogP contribution in [0.1, 0.15) is 36.1 Å². The lowest BCUT2D eigenvalue weighted by Gasteiger charge is -2.26. The maximum atomic E-state index is 12.5. The van der Waals surface area contributed by atoms with Gasteiger partial charge < -0.3 is 9.57 Å². The molecule has 2 heterocycles. The minimum absolute atomic E-state index is 0.238. The largest absolute Gasteiger partial charge is 0.448 e. The summed E-state index contributed by atoms with van der Waals surface area (Å²) in [5.41, 5.74) is 4.65. The van der Waals surface area contributed by atoms with Gasteiger partial charge in [0.25, 0.3) is 0 Å². The molecule has 0 spiro atoms. The number of ether oxygens (including phenoxy) is 1. The normalized spacial score (nSPS) is 21.2. The first kappa shape index (κ1) is 19.7. The van der Waals surface area contributed by atoms with E-state index in [1.54, 1.807) is 13.1 Å². The van der Waals surface area contributed by atoms with Gasteiger partial charge in [0.15, 0.2) is 6.10 Å². The van der Waals surface area contributed by atoms with E-state index in [1.807, 2.05) is 33.8 Å². The van der Waals surface area contributed by atoms with Crippen molar-refractivity contribution in [3.63, 3.8) is 0 Å². The third-order valence-electron chi connectivity index (χ3n) is 4.72. The summed E-state index contributed by atoms with van der Waals surface area (Å²) in [5, 5.41) is 11.0. The number of rotatable bonds is 2. The molecule has 0 saturated carbocycles. The molecule has 0 saturated heterocycles. The fraction of sp³-hybridized carbons (Fsp3) is 0.421. The molecule has 6 nitrogen and oxygen atoms in total. The lowest BCUT2D eigenvalue weighted by Crippen LogP contribution is -2.46. The molecule has 2 atom stereocenters. The molecule has 1 aromatic carbocycles. The molecule has 144 valence electrons. The topological polar surface area (TPSA) is 63.5 Å². The molecule has 2 aliphatic rings. The molecule has 0 bridgehead atoms. The number of allylic oxidation sites excluding steroid dienone is 1. The number of carbonyl (C=O) groups excluding carboxylic acids is 1. The lowest BCUT2D eigenvalue weighted by molar-refractivity contribution is 0.0561. The van der Waals surface area contributed by atoms with Crippen LogP contribution >= 0.6 is 23.2 Å². The maximum Gasteiger partial charge on any atom is 0.431 e. The first-order valence-corrected chi connectivity index (χ1v) is 9.40. The van der Waals surface area contributed by atoms with Gasteiger partial charge in [-0.3, -0.25) is 0 Å². The first-order valence-electron chi connectivity index (χ1n) is 8.65. The highest BCUT2D eigenvalue weighted by atomic mass is 35.5. The smallest absolute Gasteiger partial charge is 0.431 e. The van der Waals surface area contributed by atoms with E-state index in [9.17, 15) is 4.79 Å². The molecule has 0 aliphatic carbocycles. The highest BCUT2D eigenvalue weighted by molar-refractivity contribution is 6.38. The summed E-state index contributed by atoms with van der Waals surface area (Å²) in [7, 11) is 0. The number of hydrogen-bond donors (Lipinski definition) is 0. The predicted octanol–water partition coefficient (Wildman–Crippen LogP) is 4.79. The van der Waals surface area contributed by atoms with Crippen LogP contribution in [0.15, 0.2) is 21.9 Å². The number of fused-ring (bicyclic) bond motifs is 1. The Morgan fingerprint density at radius 3 is 2.41 bits per heavy atom. The van der Waals surface area contributed by atoms with Crippen molar-refractivity contribution in [3.8, 4) is 0 Å². The average Bonchev–Trinajstić information content (AvgIpc) is 2.93. The summed E-state index contributed by atoms with van der Waals surface area (Å²) in [6.45, 7) is 9.54. The van der Waals surface area contributed by atoms with Gasteiger partial charge in [-0.2, -0.15) is 10.1 Å². The number of amides is 1. The number of oxime groups is 1. The molecule has 3 rings (SSSR count).